The van der Waals surface area contributed by atoms with Crippen LogP contribution in [0.2, 0.25) is 0 Å². The first kappa shape index (κ1) is 31.3. The molecular formula is C31H40N6O7. The molecule has 3 fully saturated rings. The minimum Gasteiger partial charge on any atom is -0.460 e. The SMILES string of the molecule is C=CCCC(=O)NC[C@H](C)OC(=O)[C@@H]1[C@@H]2CC[C@]3(O2)[C@H](C(=O)N(CC=C)Cn2nnc4ccccc42)N(CCCO)C(=O)[C@@H]13. The maximum absolute atomic E-state index is 14.4. The van der Waals surface area contributed by atoms with E-state index in [2.05, 4.69) is 28.8 Å². The van der Waals surface area contributed by atoms with Crippen molar-refractivity contribution in [3.8, 4) is 0 Å². The summed E-state index contributed by atoms with van der Waals surface area (Å²) in [6.45, 7) is 9.43. The molecule has 4 heterocycles. The molecule has 0 radical (unpaired) electrons. The minimum absolute atomic E-state index is 0.0651. The molecule has 2 bridgehead atoms. The van der Waals surface area contributed by atoms with Crippen LogP contribution in [-0.2, 0) is 35.3 Å². The van der Waals surface area contributed by atoms with Gasteiger partial charge < -0.3 is 29.7 Å². The van der Waals surface area contributed by atoms with Crippen LogP contribution < -0.4 is 5.32 Å². The molecule has 2 N–H and O–H groups in total. The minimum atomic E-state index is -1.22. The summed E-state index contributed by atoms with van der Waals surface area (Å²) in [5, 5.41) is 20.8. The number of aliphatic hydroxyl groups excluding tert-OH is 1. The highest BCUT2D eigenvalue weighted by atomic mass is 16.6. The molecule has 3 aliphatic rings. The number of aliphatic hydroxyl groups is 1. The maximum atomic E-state index is 14.4. The second-order valence-electron chi connectivity index (χ2n) is 11.6. The van der Waals surface area contributed by atoms with Crippen LogP contribution in [0, 0.1) is 11.8 Å². The molecule has 236 valence electrons. The zero-order chi connectivity index (χ0) is 31.4. The number of esters is 1. The molecule has 1 spiro atoms. The van der Waals surface area contributed by atoms with Crippen molar-refractivity contribution >= 4 is 34.7 Å². The average molecular weight is 609 g/mol. The first-order chi connectivity index (χ1) is 21.2. The molecule has 3 saturated heterocycles. The number of carbonyl (C=O) groups is 4. The van der Waals surface area contributed by atoms with E-state index in [-0.39, 0.29) is 63.5 Å². The van der Waals surface area contributed by atoms with E-state index in [1.54, 1.807) is 28.7 Å². The Morgan fingerprint density at radius 3 is 2.84 bits per heavy atom. The van der Waals surface area contributed by atoms with Crippen molar-refractivity contribution < 1.29 is 33.8 Å². The number of nitrogens with zero attached hydrogens (tertiary/aromatic N) is 5. The predicted molar refractivity (Wildman–Crippen MR) is 158 cm³/mol. The molecule has 0 saturated carbocycles. The summed E-state index contributed by atoms with van der Waals surface area (Å²) in [5.74, 6) is -3.29. The van der Waals surface area contributed by atoms with Gasteiger partial charge in [-0.15, -0.1) is 18.3 Å². The number of benzene rings is 1. The van der Waals surface area contributed by atoms with Crippen LogP contribution in [0.25, 0.3) is 11.0 Å². The largest absolute Gasteiger partial charge is 0.460 e. The fourth-order valence-corrected chi connectivity index (χ4v) is 6.81. The molecular weight excluding hydrogens is 568 g/mol. The Balaban J connectivity index is 1.38. The molecule has 3 amide bonds. The molecule has 1 aromatic carbocycles. The lowest BCUT2D eigenvalue weighted by molar-refractivity contribution is -0.159. The van der Waals surface area contributed by atoms with Crippen molar-refractivity contribution in [3.05, 3.63) is 49.6 Å². The fourth-order valence-electron chi connectivity index (χ4n) is 6.81. The summed E-state index contributed by atoms with van der Waals surface area (Å²) in [6.07, 6.45) is 4.05. The highest BCUT2D eigenvalue weighted by Gasteiger charge is 2.75. The first-order valence-electron chi connectivity index (χ1n) is 15.1. The van der Waals surface area contributed by atoms with Crippen LogP contribution in [0.15, 0.2) is 49.6 Å². The number of likely N-dealkylation sites (tertiary alicyclic amines) is 1. The number of rotatable bonds is 15. The standard InChI is InChI=1S/C31H40N6O7/c1-4-6-12-24(39)32-18-20(3)43-30(42)25-23-13-14-31(44-23)26(25)28(40)36(16-9-17-38)27(31)29(41)35(15-5-2)19-37-22-11-8-7-10-21(22)33-34-37/h4-5,7-8,10-11,20,23,25-27,38H,1-2,6,9,12-19H2,3H3,(H,32,39)/t20-,23-,25+,26+,27-,31+/m0/s1. The van der Waals surface area contributed by atoms with E-state index in [0.29, 0.717) is 24.8 Å². The highest BCUT2D eigenvalue weighted by Crippen LogP contribution is 2.58. The van der Waals surface area contributed by atoms with Crippen LogP contribution in [0.4, 0.5) is 0 Å². The second-order valence-corrected chi connectivity index (χ2v) is 11.6. The van der Waals surface area contributed by atoms with Gasteiger partial charge in [0.2, 0.25) is 17.7 Å². The van der Waals surface area contributed by atoms with E-state index in [0.717, 1.165) is 5.52 Å². The molecule has 44 heavy (non-hydrogen) atoms. The Morgan fingerprint density at radius 2 is 2.09 bits per heavy atom. The third-order valence-electron chi connectivity index (χ3n) is 8.73. The number of hydrogen-bond acceptors (Lipinski definition) is 9. The molecule has 0 unspecified atom stereocenters. The number of fused-ring (bicyclic) bond motifs is 2. The molecule has 5 rings (SSSR count). The van der Waals surface area contributed by atoms with E-state index in [9.17, 15) is 24.3 Å². The topological polar surface area (TPSA) is 156 Å². The summed E-state index contributed by atoms with van der Waals surface area (Å²) in [5.41, 5.74) is 0.212. The van der Waals surface area contributed by atoms with Crippen LogP contribution in [0.1, 0.15) is 39.0 Å². The number of allylic oxidation sites excluding steroid dienone is 1. The lowest BCUT2D eigenvalue weighted by Crippen LogP contribution is -2.56. The number of carbonyl (C=O) groups excluding carboxylic acids is 4. The number of para-hydroxylation sites is 1. The number of hydrogen-bond donors (Lipinski definition) is 2. The van der Waals surface area contributed by atoms with E-state index < -0.39 is 41.7 Å². The summed E-state index contributed by atoms with van der Waals surface area (Å²) >= 11 is 0. The Labute approximate surface area is 255 Å². The molecule has 0 aliphatic carbocycles. The smallest absolute Gasteiger partial charge is 0.312 e. The van der Waals surface area contributed by atoms with E-state index >= 15 is 0 Å². The number of aromatic nitrogens is 3. The molecule has 6 atom stereocenters. The van der Waals surface area contributed by atoms with Gasteiger partial charge in [-0.25, -0.2) is 4.68 Å². The van der Waals surface area contributed by atoms with Gasteiger partial charge in [0.15, 0.2) is 0 Å². The average Bonchev–Trinajstić information content (AvgIpc) is 3.77. The van der Waals surface area contributed by atoms with Gasteiger partial charge in [-0.3, -0.25) is 19.2 Å². The number of nitrogens with one attached hydrogen (secondary N) is 1. The third-order valence-corrected chi connectivity index (χ3v) is 8.73. The third kappa shape index (κ3) is 5.73. The molecule has 13 nitrogen and oxygen atoms in total. The maximum Gasteiger partial charge on any atom is 0.312 e. The summed E-state index contributed by atoms with van der Waals surface area (Å²) in [6, 6.07) is 6.40. The van der Waals surface area contributed by atoms with E-state index in [4.69, 9.17) is 9.47 Å². The normalized spacial score (nSPS) is 26.0. The van der Waals surface area contributed by atoms with Crippen LogP contribution in [0.3, 0.4) is 0 Å². The molecule has 1 aromatic heterocycles. The van der Waals surface area contributed by atoms with Crippen LogP contribution in [-0.4, -0.2) is 104 Å². The monoisotopic (exact) mass is 608 g/mol. The summed E-state index contributed by atoms with van der Waals surface area (Å²) < 4.78 is 13.8. The highest BCUT2D eigenvalue weighted by molar-refractivity contribution is 5.98. The van der Waals surface area contributed by atoms with Crippen molar-refractivity contribution in [2.45, 2.75) is 69.5 Å². The van der Waals surface area contributed by atoms with Gasteiger partial charge in [0, 0.05) is 26.1 Å². The molecule has 3 aliphatic heterocycles. The predicted octanol–water partition coefficient (Wildman–Crippen LogP) is 1.17. The van der Waals surface area contributed by atoms with Crippen LogP contribution in [0.5, 0.6) is 0 Å². The fraction of sp³-hybridized carbons (Fsp3) is 0.548. The van der Waals surface area contributed by atoms with Gasteiger partial charge in [0.1, 0.15) is 29.9 Å². The van der Waals surface area contributed by atoms with Crippen LogP contribution >= 0.6 is 0 Å². The number of amides is 3. The van der Waals surface area contributed by atoms with Gasteiger partial charge in [-0.1, -0.05) is 29.5 Å². The van der Waals surface area contributed by atoms with Gasteiger partial charge in [-0.2, -0.15) is 0 Å². The van der Waals surface area contributed by atoms with Crippen molar-refractivity contribution in [2.24, 2.45) is 11.8 Å². The van der Waals surface area contributed by atoms with Crippen molar-refractivity contribution in [2.75, 3.05) is 26.2 Å². The van der Waals surface area contributed by atoms with Crippen molar-refractivity contribution in [1.82, 2.24) is 30.1 Å². The Morgan fingerprint density at radius 1 is 1.30 bits per heavy atom. The van der Waals surface area contributed by atoms with Crippen molar-refractivity contribution in [3.63, 3.8) is 0 Å². The Hall–Kier alpha value is -4.10. The zero-order valence-electron chi connectivity index (χ0n) is 25.0. The van der Waals surface area contributed by atoms with Gasteiger partial charge in [-0.05, 0) is 44.7 Å². The lowest BCUT2D eigenvalue weighted by Gasteiger charge is -2.36. The second kappa shape index (κ2) is 13.3. The Kier molecular flexibility index (Phi) is 9.45. The lowest BCUT2D eigenvalue weighted by atomic mass is 9.70. The zero-order valence-corrected chi connectivity index (χ0v) is 25.0. The summed E-state index contributed by atoms with van der Waals surface area (Å²) in [4.78, 5) is 57.0. The van der Waals surface area contributed by atoms with E-state index in [1.165, 1.54) is 4.90 Å². The van der Waals surface area contributed by atoms with Gasteiger partial charge in [0.25, 0.3) is 0 Å². The van der Waals surface area contributed by atoms with Gasteiger partial charge >= 0.3 is 5.97 Å². The van der Waals surface area contributed by atoms with Gasteiger partial charge in [0.05, 0.1) is 30.0 Å². The summed E-state index contributed by atoms with van der Waals surface area (Å²) in [7, 11) is 0. The van der Waals surface area contributed by atoms with Crippen molar-refractivity contribution in [1.29, 1.82) is 0 Å². The Bertz CT molecular complexity index is 1430. The number of ether oxygens (including phenoxy) is 2. The first-order valence-corrected chi connectivity index (χ1v) is 15.1. The van der Waals surface area contributed by atoms with E-state index in [1.807, 2.05) is 24.3 Å². The quantitative estimate of drug-likeness (QED) is 0.224. The molecule has 2 aromatic rings. The molecule has 13 heteroatoms.